The van der Waals surface area contributed by atoms with Crippen molar-refractivity contribution < 1.29 is 29.3 Å². The lowest BCUT2D eigenvalue weighted by molar-refractivity contribution is -0.311. The third-order valence-corrected chi connectivity index (χ3v) is 4.77. The molecule has 132 valence electrons. The van der Waals surface area contributed by atoms with E-state index in [1.54, 1.807) is 30.3 Å². The first-order chi connectivity index (χ1) is 11.8. The molecule has 1 heterocycles. The number of carbonyl (C=O) groups excluding carboxylic acids is 3. The molecule has 2 rings (SSSR count). The van der Waals surface area contributed by atoms with Gasteiger partial charge in [-0.3, -0.25) is 9.69 Å². The van der Waals surface area contributed by atoms with Crippen molar-refractivity contribution in [2.75, 3.05) is 7.11 Å². The number of hydrogen-bond donors (Lipinski definition) is 0. The number of methoxy groups -OCH3 is 1. The molecule has 0 bridgehead atoms. The molecule has 25 heavy (non-hydrogen) atoms. The van der Waals surface area contributed by atoms with Crippen molar-refractivity contribution in [2.24, 2.45) is 0 Å². The highest BCUT2D eigenvalue weighted by Crippen LogP contribution is 2.34. The van der Waals surface area contributed by atoms with Crippen LogP contribution in [0.15, 0.2) is 29.2 Å². The number of ether oxygens (including phenoxy) is 1. The molecule has 1 aliphatic rings. The van der Waals surface area contributed by atoms with Crippen molar-refractivity contribution in [1.82, 2.24) is 4.90 Å². The predicted octanol–water partition coefficient (Wildman–Crippen LogP) is -0.455. The van der Waals surface area contributed by atoms with Crippen molar-refractivity contribution in [1.29, 1.82) is 0 Å². The van der Waals surface area contributed by atoms with Crippen molar-refractivity contribution in [3.8, 4) is 5.75 Å². The maximum Gasteiger partial charge on any atom is 0.266 e. The summed E-state index contributed by atoms with van der Waals surface area (Å²) < 4.78 is 5.09. The van der Waals surface area contributed by atoms with Gasteiger partial charge in [0.25, 0.3) is 5.91 Å². The van der Waals surface area contributed by atoms with Crippen molar-refractivity contribution in [2.45, 2.75) is 18.9 Å². The van der Waals surface area contributed by atoms with Crippen LogP contribution in [-0.4, -0.2) is 40.2 Å². The van der Waals surface area contributed by atoms with E-state index in [1.165, 1.54) is 7.11 Å². The molecule has 7 nitrogen and oxygen atoms in total. The Kier molecular flexibility index (Phi) is 6.16. The van der Waals surface area contributed by atoms with Crippen LogP contribution in [0.2, 0.25) is 0 Å². The molecule has 1 atom stereocenters. The van der Waals surface area contributed by atoms with Crippen molar-refractivity contribution in [3.63, 3.8) is 0 Å². The minimum absolute atomic E-state index is 0.0392. The summed E-state index contributed by atoms with van der Waals surface area (Å²) in [5, 5.41) is 21.9. The third-order valence-electron chi connectivity index (χ3n) is 3.44. The Morgan fingerprint density at radius 1 is 1.32 bits per heavy atom. The van der Waals surface area contributed by atoms with Crippen LogP contribution in [-0.2, 0) is 14.4 Å². The Morgan fingerprint density at radius 2 is 1.96 bits per heavy atom. The number of carbonyl (C=O) groups is 3. The molecule has 0 aliphatic carbocycles. The molecule has 1 fully saturated rings. The van der Waals surface area contributed by atoms with Crippen LogP contribution in [0, 0.1) is 0 Å². The molecule has 9 heteroatoms. The number of thiocarbonyl (C=S) groups is 1. The van der Waals surface area contributed by atoms with Crippen LogP contribution in [0.3, 0.4) is 0 Å². The molecule has 1 aliphatic heterocycles. The number of aliphatic carboxylic acids is 2. The summed E-state index contributed by atoms with van der Waals surface area (Å²) >= 11 is 6.03. The minimum atomic E-state index is -1.57. The van der Waals surface area contributed by atoms with E-state index >= 15 is 0 Å². The Balaban J connectivity index is 2.23. The Morgan fingerprint density at radius 3 is 2.48 bits per heavy atom. The lowest BCUT2D eigenvalue weighted by Gasteiger charge is -2.27. The molecular formula is C16H13NO6S2-2. The highest BCUT2D eigenvalue weighted by atomic mass is 32.2. The predicted molar refractivity (Wildman–Crippen MR) is 91.0 cm³/mol. The Bertz CT molecular complexity index is 743. The highest BCUT2D eigenvalue weighted by molar-refractivity contribution is 8.26. The maximum atomic E-state index is 12.5. The first-order valence-electron chi connectivity index (χ1n) is 7.15. The van der Waals surface area contributed by atoms with Gasteiger partial charge in [-0.25, -0.2) is 0 Å². The fourth-order valence-electron chi connectivity index (χ4n) is 2.21. The number of hydrogen-bond acceptors (Lipinski definition) is 8. The summed E-state index contributed by atoms with van der Waals surface area (Å²) in [7, 11) is 1.53. The molecule has 1 aromatic rings. The number of rotatable bonds is 7. The quantitative estimate of drug-likeness (QED) is 0.463. The van der Waals surface area contributed by atoms with Gasteiger partial charge in [0, 0.05) is 5.97 Å². The van der Waals surface area contributed by atoms with Crippen LogP contribution in [0.4, 0.5) is 0 Å². The van der Waals surface area contributed by atoms with Crippen LogP contribution in [0.1, 0.15) is 18.4 Å². The molecule has 0 spiro atoms. The molecule has 0 saturated carbocycles. The van der Waals surface area contributed by atoms with E-state index in [-0.39, 0.29) is 15.6 Å². The second-order valence-electron chi connectivity index (χ2n) is 5.07. The van der Waals surface area contributed by atoms with E-state index in [0.29, 0.717) is 11.3 Å². The number of amides is 1. The molecule has 1 aromatic carbocycles. The number of benzene rings is 1. The molecule has 1 amide bonds. The van der Waals surface area contributed by atoms with E-state index in [4.69, 9.17) is 17.0 Å². The van der Waals surface area contributed by atoms with Gasteiger partial charge in [0.05, 0.1) is 24.0 Å². The zero-order chi connectivity index (χ0) is 18.6. The first kappa shape index (κ1) is 18.9. The zero-order valence-corrected chi connectivity index (χ0v) is 14.7. The lowest BCUT2D eigenvalue weighted by Crippen LogP contribution is -2.50. The summed E-state index contributed by atoms with van der Waals surface area (Å²) in [5.41, 5.74) is 0.709. The summed E-state index contributed by atoms with van der Waals surface area (Å²) in [6, 6.07) is 5.45. The number of nitrogens with zero attached hydrogens (tertiary/aromatic N) is 1. The van der Waals surface area contributed by atoms with Gasteiger partial charge in [-0.15, -0.1) is 0 Å². The van der Waals surface area contributed by atoms with Crippen LogP contribution in [0.25, 0.3) is 6.08 Å². The molecule has 1 saturated heterocycles. The van der Waals surface area contributed by atoms with E-state index in [9.17, 15) is 24.6 Å². The van der Waals surface area contributed by atoms with E-state index in [0.717, 1.165) is 16.7 Å². The Hall–Kier alpha value is -2.39. The van der Waals surface area contributed by atoms with E-state index in [1.807, 2.05) is 0 Å². The van der Waals surface area contributed by atoms with Gasteiger partial charge >= 0.3 is 0 Å². The summed E-state index contributed by atoms with van der Waals surface area (Å²) in [5.74, 6) is -2.92. The smallest absolute Gasteiger partial charge is 0.266 e. The normalized spacial score (nSPS) is 17.0. The first-order valence-corrected chi connectivity index (χ1v) is 8.37. The second-order valence-corrected chi connectivity index (χ2v) is 6.75. The topological polar surface area (TPSA) is 110 Å². The Labute approximate surface area is 153 Å². The molecule has 0 N–H and O–H groups in total. The minimum Gasteiger partial charge on any atom is -0.550 e. The average molecular weight is 379 g/mol. The molecular weight excluding hydrogens is 366 g/mol. The third kappa shape index (κ3) is 4.58. The fraction of sp³-hybridized carbons (Fsp3) is 0.250. The number of carboxylic acid groups (broad SMARTS) is 2. The lowest BCUT2D eigenvalue weighted by atomic mass is 10.1. The second kappa shape index (κ2) is 8.13. The summed E-state index contributed by atoms with van der Waals surface area (Å²) in [6.07, 6.45) is 0.712. The van der Waals surface area contributed by atoms with E-state index in [2.05, 4.69) is 0 Å². The van der Waals surface area contributed by atoms with Gasteiger partial charge < -0.3 is 24.5 Å². The fourth-order valence-corrected chi connectivity index (χ4v) is 3.56. The average Bonchev–Trinajstić information content (AvgIpc) is 2.83. The highest BCUT2D eigenvalue weighted by Gasteiger charge is 2.37. The van der Waals surface area contributed by atoms with Crippen LogP contribution >= 0.6 is 24.0 Å². The van der Waals surface area contributed by atoms with Gasteiger partial charge in [0.15, 0.2) is 0 Å². The summed E-state index contributed by atoms with van der Waals surface area (Å²) in [4.78, 5) is 35.5. The van der Waals surface area contributed by atoms with E-state index < -0.39 is 30.3 Å². The molecule has 0 unspecified atom stereocenters. The van der Waals surface area contributed by atoms with Gasteiger partial charge in [-0.2, -0.15) is 0 Å². The van der Waals surface area contributed by atoms with Crippen molar-refractivity contribution in [3.05, 3.63) is 34.7 Å². The SMILES string of the molecule is COc1ccc(/C=C2/SC(=S)N([C@@H](CCC(=O)[O-])C(=O)[O-])C2=O)cc1. The van der Waals surface area contributed by atoms with Gasteiger partial charge in [0.1, 0.15) is 10.1 Å². The molecule has 0 radical (unpaired) electrons. The van der Waals surface area contributed by atoms with Gasteiger partial charge in [-0.05, 0) is 36.6 Å². The van der Waals surface area contributed by atoms with Crippen LogP contribution in [0.5, 0.6) is 5.75 Å². The maximum absolute atomic E-state index is 12.5. The molecule has 0 aromatic heterocycles. The van der Waals surface area contributed by atoms with Gasteiger partial charge in [-0.1, -0.05) is 36.1 Å². The largest absolute Gasteiger partial charge is 0.550 e. The zero-order valence-electron chi connectivity index (χ0n) is 13.1. The van der Waals surface area contributed by atoms with Gasteiger partial charge in [0.2, 0.25) is 0 Å². The van der Waals surface area contributed by atoms with Crippen molar-refractivity contribution >= 4 is 52.2 Å². The standard InChI is InChI=1S/C16H15NO6S2/c1-23-10-4-2-9(3-5-10)8-12-14(20)17(16(24)25-12)11(15(21)22)6-7-13(18)19/h2-5,8,11H,6-7H2,1H3,(H,18,19)(H,21,22)/p-2/b12-8+/t11-/m0/s1. The van der Waals surface area contributed by atoms with Crippen LogP contribution < -0.4 is 14.9 Å². The number of thioether (sulfide) groups is 1. The number of carboxylic acids is 2. The monoisotopic (exact) mass is 379 g/mol. The summed E-state index contributed by atoms with van der Waals surface area (Å²) in [6.45, 7) is 0.